The van der Waals surface area contributed by atoms with Crippen molar-refractivity contribution in [1.29, 1.82) is 0 Å². The second-order valence-corrected chi connectivity index (χ2v) is 4.89. The molecule has 6 nitrogen and oxygen atoms in total. The molecule has 1 saturated heterocycles. The second-order valence-electron chi connectivity index (χ2n) is 4.89. The molecule has 0 aliphatic carbocycles. The Hall–Kier alpha value is -3.22. The van der Waals surface area contributed by atoms with Gasteiger partial charge >= 0.3 is 6.03 Å². The van der Waals surface area contributed by atoms with Crippen molar-refractivity contribution in [3.05, 3.63) is 53.5 Å². The fourth-order valence-electron chi connectivity index (χ4n) is 2.09. The summed E-state index contributed by atoms with van der Waals surface area (Å²) in [4.78, 5) is 35.8. The lowest BCUT2D eigenvalue weighted by Crippen LogP contribution is -2.52. The minimum absolute atomic E-state index is 0.202. The molecule has 0 atom stereocenters. The van der Waals surface area contributed by atoms with E-state index in [-0.39, 0.29) is 17.2 Å². The molecule has 3 rings (SSSR count). The van der Waals surface area contributed by atoms with Gasteiger partial charge in [-0.2, -0.15) is 0 Å². The van der Waals surface area contributed by atoms with Crippen LogP contribution in [0.1, 0.15) is 5.76 Å². The summed E-state index contributed by atoms with van der Waals surface area (Å²) in [7, 11) is 1.27. The molecule has 2 aromatic rings. The van der Waals surface area contributed by atoms with Gasteiger partial charge in [0.25, 0.3) is 11.8 Å². The van der Waals surface area contributed by atoms with Gasteiger partial charge in [-0.05, 0) is 42.5 Å². The minimum Gasteiger partial charge on any atom is -0.457 e. The Balaban J connectivity index is 1.91. The fourth-order valence-corrected chi connectivity index (χ4v) is 2.09. The SMILES string of the molecule is CN1C(=O)NC(=O)C(=Cc2ccc(-c3ccc(F)cc3)o2)C1=O. The van der Waals surface area contributed by atoms with Crippen molar-refractivity contribution in [2.75, 3.05) is 7.05 Å². The summed E-state index contributed by atoms with van der Waals surface area (Å²) in [6.07, 6.45) is 1.26. The number of amides is 4. The van der Waals surface area contributed by atoms with Crippen LogP contribution in [0, 0.1) is 5.82 Å². The van der Waals surface area contributed by atoms with Gasteiger partial charge in [0.1, 0.15) is 22.9 Å². The van der Waals surface area contributed by atoms with Gasteiger partial charge in [-0.25, -0.2) is 9.18 Å². The van der Waals surface area contributed by atoms with Crippen molar-refractivity contribution >= 4 is 23.9 Å². The van der Waals surface area contributed by atoms with Crippen molar-refractivity contribution in [1.82, 2.24) is 10.2 Å². The van der Waals surface area contributed by atoms with Crippen LogP contribution in [-0.2, 0) is 9.59 Å². The van der Waals surface area contributed by atoms with Crippen molar-refractivity contribution < 1.29 is 23.2 Å². The highest BCUT2D eigenvalue weighted by Gasteiger charge is 2.33. The topological polar surface area (TPSA) is 79.6 Å². The molecule has 0 radical (unpaired) electrons. The lowest BCUT2D eigenvalue weighted by atomic mass is 10.1. The molecule has 1 N–H and O–H groups in total. The van der Waals surface area contributed by atoms with Crippen LogP contribution < -0.4 is 5.32 Å². The molecule has 1 aliphatic heterocycles. The molecule has 0 unspecified atom stereocenters. The van der Waals surface area contributed by atoms with Crippen LogP contribution in [0.3, 0.4) is 0 Å². The number of carbonyl (C=O) groups excluding carboxylic acids is 3. The van der Waals surface area contributed by atoms with E-state index < -0.39 is 17.8 Å². The maximum Gasteiger partial charge on any atom is 0.331 e. The van der Waals surface area contributed by atoms with Crippen LogP contribution in [0.5, 0.6) is 0 Å². The van der Waals surface area contributed by atoms with Crippen LogP contribution in [0.25, 0.3) is 17.4 Å². The Kier molecular flexibility index (Phi) is 3.53. The first-order valence-electron chi connectivity index (χ1n) is 6.66. The third-order valence-corrected chi connectivity index (χ3v) is 3.35. The normalized spacial score (nSPS) is 16.9. The Morgan fingerprint density at radius 1 is 1.09 bits per heavy atom. The molecule has 23 heavy (non-hydrogen) atoms. The summed E-state index contributed by atoms with van der Waals surface area (Å²) in [6.45, 7) is 0. The van der Waals surface area contributed by atoms with E-state index in [0.29, 0.717) is 11.3 Å². The summed E-state index contributed by atoms with van der Waals surface area (Å²) < 4.78 is 18.5. The third kappa shape index (κ3) is 2.76. The Morgan fingerprint density at radius 2 is 1.78 bits per heavy atom. The van der Waals surface area contributed by atoms with Gasteiger partial charge < -0.3 is 4.42 Å². The molecule has 1 aromatic heterocycles. The molecule has 1 aromatic carbocycles. The number of barbiturate groups is 1. The number of benzene rings is 1. The van der Waals surface area contributed by atoms with Gasteiger partial charge in [0.05, 0.1) is 0 Å². The van der Waals surface area contributed by atoms with E-state index in [1.165, 1.54) is 25.3 Å². The van der Waals surface area contributed by atoms with Crippen LogP contribution in [-0.4, -0.2) is 29.8 Å². The maximum atomic E-state index is 12.9. The van der Waals surface area contributed by atoms with Crippen molar-refractivity contribution in [2.24, 2.45) is 0 Å². The highest BCUT2D eigenvalue weighted by atomic mass is 19.1. The zero-order valence-electron chi connectivity index (χ0n) is 12.0. The number of rotatable bonds is 2. The minimum atomic E-state index is -0.780. The monoisotopic (exact) mass is 314 g/mol. The van der Waals surface area contributed by atoms with E-state index >= 15 is 0 Å². The molecule has 1 fully saturated rings. The second kappa shape index (κ2) is 5.53. The quantitative estimate of drug-likeness (QED) is 0.680. The van der Waals surface area contributed by atoms with Crippen LogP contribution in [0.15, 0.2) is 46.4 Å². The number of hydrogen-bond donors (Lipinski definition) is 1. The lowest BCUT2D eigenvalue weighted by Gasteiger charge is -2.21. The van der Waals surface area contributed by atoms with Crippen molar-refractivity contribution in [3.63, 3.8) is 0 Å². The first-order valence-corrected chi connectivity index (χ1v) is 6.66. The Morgan fingerprint density at radius 3 is 2.48 bits per heavy atom. The van der Waals surface area contributed by atoms with E-state index in [0.717, 1.165) is 4.90 Å². The third-order valence-electron chi connectivity index (χ3n) is 3.35. The molecular formula is C16H11FN2O4. The molecule has 1 aliphatic rings. The summed E-state index contributed by atoms with van der Waals surface area (Å²) >= 11 is 0. The number of furan rings is 1. The van der Waals surface area contributed by atoms with Crippen LogP contribution in [0.4, 0.5) is 9.18 Å². The molecule has 2 heterocycles. The Bertz CT molecular complexity index is 836. The number of nitrogens with zero attached hydrogens (tertiary/aromatic N) is 1. The summed E-state index contributed by atoms with van der Waals surface area (Å²) in [5.74, 6) is -1.12. The van der Waals surface area contributed by atoms with Crippen molar-refractivity contribution in [3.8, 4) is 11.3 Å². The first kappa shape index (κ1) is 14.7. The average molecular weight is 314 g/mol. The number of halogens is 1. The zero-order chi connectivity index (χ0) is 16.6. The van der Waals surface area contributed by atoms with E-state index in [1.807, 2.05) is 0 Å². The standard InChI is InChI=1S/C16H11FN2O4/c1-19-15(21)12(14(20)18-16(19)22)8-11-6-7-13(23-11)9-2-4-10(17)5-3-9/h2-8H,1H3,(H,18,20,22). The summed E-state index contributed by atoms with van der Waals surface area (Å²) in [5, 5.41) is 2.05. The van der Waals surface area contributed by atoms with Crippen LogP contribution >= 0.6 is 0 Å². The lowest BCUT2D eigenvalue weighted by molar-refractivity contribution is -0.129. The highest BCUT2D eigenvalue weighted by molar-refractivity contribution is 6.30. The van der Waals surface area contributed by atoms with Gasteiger partial charge in [-0.1, -0.05) is 0 Å². The predicted octanol–water partition coefficient (Wildman–Crippen LogP) is 2.18. The molecular weight excluding hydrogens is 303 g/mol. The molecule has 7 heteroatoms. The smallest absolute Gasteiger partial charge is 0.331 e. The zero-order valence-corrected chi connectivity index (χ0v) is 12.0. The predicted molar refractivity (Wildman–Crippen MR) is 78.4 cm³/mol. The van der Waals surface area contributed by atoms with E-state index in [2.05, 4.69) is 5.32 Å². The Labute approximate surface area is 130 Å². The van der Waals surface area contributed by atoms with Gasteiger partial charge in [-0.3, -0.25) is 19.8 Å². The summed E-state index contributed by atoms with van der Waals surface area (Å²) in [5.41, 5.74) is 0.454. The average Bonchev–Trinajstić information content (AvgIpc) is 2.99. The molecule has 0 spiro atoms. The van der Waals surface area contributed by atoms with E-state index in [9.17, 15) is 18.8 Å². The summed E-state index contributed by atoms with van der Waals surface area (Å²) in [6, 6.07) is 8.14. The van der Waals surface area contributed by atoms with Gasteiger partial charge in [0.2, 0.25) is 0 Å². The van der Waals surface area contributed by atoms with Crippen LogP contribution in [0.2, 0.25) is 0 Å². The molecule has 0 saturated carbocycles. The molecule has 0 bridgehead atoms. The number of carbonyl (C=O) groups is 3. The van der Waals surface area contributed by atoms with Gasteiger partial charge in [0.15, 0.2) is 0 Å². The largest absolute Gasteiger partial charge is 0.457 e. The highest BCUT2D eigenvalue weighted by Crippen LogP contribution is 2.24. The number of hydrogen-bond acceptors (Lipinski definition) is 4. The van der Waals surface area contributed by atoms with E-state index in [4.69, 9.17) is 4.42 Å². The number of urea groups is 1. The molecule has 4 amide bonds. The number of likely N-dealkylation sites (N-methyl/N-ethyl adjacent to an activating group) is 1. The number of nitrogens with one attached hydrogen (secondary N) is 1. The van der Waals surface area contributed by atoms with E-state index in [1.54, 1.807) is 24.3 Å². The van der Waals surface area contributed by atoms with Gasteiger partial charge in [0, 0.05) is 12.6 Å². The van der Waals surface area contributed by atoms with Crippen molar-refractivity contribution in [2.45, 2.75) is 0 Å². The molecule has 116 valence electrons. The first-order chi connectivity index (χ1) is 11.0. The van der Waals surface area contributed by atoms with Gasteiger partial charge in [-0.15, -0.1) is 0 Å². The number of imide groups is 2. The fraction of sp³-hybridized carbons (Fsp3) is 0.0625. The maximum absolute atomic E-state index is 12.9.